The van der Waals surface area contributed by atoms with Crippen molar-refractivity contribution < 1.29 is 35.9 Å². The molecule has 0 fully saturated rings. The molecule has 0 radical (unpaired) electrons. The fraction of sp³-hybridized carbons (Fsp3) is 0.120. The molecule has 1 heterocycles. The molecule has 0 unspecified atom stereocenters. The number of hydrogen-bond donors (Lipinski definition) is 0. The molecule has 0 saturated carbocycles. The molecule has 0 aliphatic heterocycles. The third kappa shape index (κ3) is 5.05. The normalized spacial score (nSPS) is 11.9. The van der Waals surface area contributed by atoms with E-state index in [1.165, 1.54) is 37.6 Å². The van der Waals surface area contributed by atoms with Crippen molar-refractivity contribution in [1.82, 2.24) is 4.57 Å². The highest BCUT2D eigenvalue weighted by Gasteiger charge is 2.36. The Labute approximate surface area is 214 Å². The summed E-state index contributed by atoms with van der Waals surface area (Å²) < 4.78 is 74.2. The minimum atomic E-state index is -4.87. The van der Waals surface area contributed by atoms with Crippen molar-refractivity contribution in [2.24, 2.45) is 0 Å². The number of hydrogen-bond acceptors (Lipinski definition) is 5. The van der Waals surface area contributed by atoms with Gasteiger partial charge in [-0.25, -0.2) is 13.2 Å². The Kier molecular flexibility index (Phi) is 7.03. The van der Waals surface area contributed by atoms with Gasteiger partial charge in [-0.3, -0.25) is 13.7 Å². The second-order valence-corrected chi connectivity index (χ2v) is 10.1. The first kappa shape index (κ1) is 26.2. The highest BCUT2D eigenvalue weighted by molar-refractivity contribution is 7.92. The molecule has 3 aromatic carbocycles. The van der Waals surface area contributed by atoms with Crippen LogP contribution >= 0.6 is 11.6 Å². The number of carbonyl (C=O) groups is 2. The number of methoxy groups -OCH3 is 1. The maximum atomic E-state index is 13.6. The molecule has 1 aromatic heterocycles. The molecule has 0 atom stereocenters. The van der Waals surface area contributed by atoms with Crippen LogP contribution in [0.3, 0.4) is 0 Å². The summed E-state index contributed by atoms with van der Waals surface area (Å²) in [5.74, 6) is -1.54. The van der Waals surface area contributed by atoms with E-state index >= 15 is 0 Å². The topological polar surface area (TPSA) is 85.7 Å². The lowest BCUT2D eigenvalue weighted by molar-refractivity contribution is -0.137. The molecule has 0 spiro atoms. The molecule has 0 bridgehead atoms. The van der Waals surface area contributed by atoms with E-state index in [2.05, 4.69) is 0 Å². The summed E-state index contributed by atoms with van der Waals surface area (Å²) in [6.45, 7) is -0.880. The largest absolute Gasteiger partial charge is 0.465 e. The predicted octanol–water partition coefficient (Wildman–Crippen LogP) is 5.64. The Morgan fingerprint density at radius 1 is 1.00 bits per heavy atom. The fourth-order valence-corrected chi connectivity index (χ4v) is 5.43. The number of ether oxygens (including phenoxy) is 1. The summed E-state index contributed by atoms with van der Waals surface area (Å²) in [4.78, 5) is 25.5. The maximum Gasteiger partial charge on any atom is 0.417 e. The number of anilines is 1. The van der Waals surface area contributed by atoms with Gasteiger partial charge in [0, 0.05) is 11.6 Å². The lowest BCUT2D eigenvalue weighted by Crippen LogP contribution is -2.37. The number of sulfonamides is 1. The van der Waals surface area contributed by atoms with Crippen LogP contribution in [0.4, 0.5) is 18.9 Å². The zero-order valence-corrected chi connectivity index (χ0v) is 20.6. The van der Waals surface area contributed by atoms with Crippen molar-refractivity contribution in [3.05, 3.63) is 95.1 Å². The zero-order chi connectivity index (χ0) is 27.0. The van der Waals surface area contributed by atoms with E-state index in [0.29, 0.717) is 15.8 Å². The van der Waals surface area contributed by atoms with Crippen LogP contribution in [0.1, 0.15) is 20.7 Å². The van der Waals surface area contributed by atoms with Gasteiger partial charge in [0.05, 0.1) is 39.4 Å². The van der Waals surface area contributed by atoms with Crippen molar-refractivity contribution in [2.75, 3.05) is 18.0 Å². The van der Waals surface area contributed by atoms with Crippen LogP contribution in [-0.4, -0.2) is 38.5 Å². The van der Waals surface area contributed by atoms with Gasteiger partial charge in [0.15, 0.2) is 0 Å². The number of nitrogens with zero attached hydrogens (tertiary/aromatic N) is 2. The first-order valence-electron chi connectivity index (χ1n) is 10.6. The van der Waals surface area contributed by atoms with Gasteiger partial charge in [-0.05, 0) is 36.4 Å². The number of esters is 1. The summed E-state index contributed by atoms with van der Waals surface area (Å²) in [6, 6.07) is 15.9. The van der Waals surface area contributed by atoms with E-state index in [1.54, 1.807) is 30.3 Å². The Balaban J connectivity index is 1.86. The zero-order valence-electron chi connectivity index (χ0n) is 19.1. The van der Waals surface area contributed by atoms with Crippen LogP contribution in [0.25, 0.3) is 10.9 Å². The van der Waals surface area contributed by atoms with Crippen LogP contribution in [-0.2, 0) is 20.9 Å². The third-order valence-corrected chi connectivity index (χ3v) is 7.66. The smallest absolute Gasteiger partial charge is 0.417 e. The van der Waals surface area contributed by atoms with Crippen LogP contribution in [0.15, 0.2) is 83.9 Å². The van der Waals surface area contributed by atoms with Crippen molar-refractivity contribution in [1.29, 1.82) is 0 Å². The number of para-hydroxylation sites is 1. The second kappa shape index (κ2) is 9.91. The average molecular weight is 551 g/mol. The van der Waals surface area contributed by atoms with Crippen LogP contribution in [0.2, 0.25) is 5.02 Å². The maximum absolute atomic E-state index is 13.6. The summed E-state index contributed by atoms with van der Waals surface area (Å²) in [6.07, 6.45) is -3.67. The van der Waals surface area contributed by atoms with Gasteiger partial charge >= 0.3 is 12.1 Å². The Hall–Kier alpha value is -3.83. The molecule has 4 rings (SSSR count). The summed E-state index contributed by atoms with van der Waals surface area (Å²) >= 11 is 5.73. The Morgan fingerprint density at radius 3 is 2.30 bits per heavy atom. The van der Waals surface area contributed by atoms with E-state index in [1.807, 2.05) is 0 Å². The van der Waals surface area contributed by atoms with Gasteiger partial charge in [-0.1, -0.05) is 48.0 Å². The minimum Gasteiger partial charge on any atom is -0.465 e. The third-order valence-electron chi connectivity index (χ3n) is 5.54. The molecule has 7 nitrogen and oxygen atoms in total. The second-order valence-electron chi connectivity index (χ2n) is 7.80. The van der Waals surface area contributed by atoms with E-state index in [0.717, 1.165) is 16.7 Å². The van der Waals surface area contributed by atoms with Gasteiger partial charge in [-0.2, -0.15) is 13.2 Å². The number of benzene rings is 3. The molecule has 0 N–H and O–H groups in total. The van der Waals surface area contributed by atoms with Gasteiger partial charge < -0.3 is 4.74 Å². The Bertz CT molecular complexity index is 1600. The number of halogens is 4. The van der Waals surface area contributed by atoms with Crippen LogP contribution in [0.5, 0.6) is 0 Å². The highest BCUT2D eigenvalue weighted by Crippen LogP contribution is 2.38. The number of fused-ring (bicyclic) bond motifs is 1. The van der Waals surface area contributed by atoms with Crippen molar-refractivity contribution in [2.45, 2.75) is 11.1 Å². The van der Waals surface area contributed by atoms with Crippen molar-refractivity contribution in [3.63, 3.8) is 0 Å². The molecule has 37 heavy (non-hydrogen) atoms. The number of carbonyl (C=O) groups excluding carboxylic acids is 2. The summed E-state index contributed by atoms with van der Waals surface area (Å²) in [5.41, 5.74) is -1.32. The van der Waals surface area contributed by atoms with Crippen LogP contribution < -0.4 is 4.31 Å². The van der Waals surface area contributed by atoms with E-state index in [-0.39, 0.29) is 16.0 Å². The number of alkyl halides is 3. The van der Waals surface area contributed by atoms with Crippen LogP contribution in [0, 0.1) is 0 Å². The SMILES string of the molecule is COC(=O)c1cn(C(=O)CN(c2ccc(Cl)c(C(F)(F)F)c2)S(=O)(=O)c2ccccc2)c2ccccc12. The average Bonchev–Trinajstić information content (AvgIpc) is 3.27. The fourth-order valence-electron chi connectivity index (χ4n) is 3.78. The van der Waals surface area contributed by atoms with E-state index in [4.69, 9.17) is 16.3 Å². The minimum absolute atomic E-state index is 0.0646. The monoisotopic (exact) mass is 550 g/mol. The van der Waals surface area contributed by atoms with E-state index in [9.17, 15) is 31.2 Å². The van der Waals surface area contributed by atoms with Gasteiger partial charge in [0.2, 0.25) is 0 Å². The molecular weight excluding hydrogens is 533 g/mol. The first-order valence-corrected chi connectivity index (χ1v) is 12.4. The number of aromatic nitrogens is 1. The highest BCUT2D eigenvalue weighted by atomic mass is 35.5. The Morgan fingerprint density at radius 2 is 1.65 bits per heavy atom. The molecule has 0 aliphatic rings. The van der Waals surface area contributed by atoms with Crippen molar-refractivity contribution in [3.8, 4) is 0 Å². The molecule has 12 heteroatoms. The molecule has 0 aliphatic carbocycles. The molecule has 4 aromatic rings. The lowest BCUT2D eigenvalue weighted by Gasteiger charge is -2.25. The predicted molar refractivity (Wildman–Crippen MR) is 131 cm³/mol. The van der Waals surface area contributed by atoms with E-state index < -0.39 is 50.9 Å². The summed E-state index contributed by atoms with van der Waals surface area (Å²) in [7, 11) is -3.33. The standard InChI is InChI=1S/C25H18ClF3N2O5S/c1-36-24(33)19-14-30(22-10-6-5-9-18(19)22)23(32)15-31(37(34,35)17-7-3-2-4-8-17)16-11-12-21(26)20(13-16)25(27,28)29/h2-14H,15H2,1H3. The number of rotatable bonds is 6. The molecule has 192 valence electrons. The molecule has 0 saturated heterocycles. The van der Waals surface area contributed by atoms with Crippen molar-refractivity contribution >= 4 is 50.1 Å². The quantitative estimate of drug-likeness (QED) is 0.290. The van der Waals surface area contributed by atoms with Gasteiger partial charge in [0.1, 0.15) is 6.54 Å². The summed E-state index contributed by atoms with van der Waals surface area (Å²) in [5, 5.41) is -0.246. The first-order chi connectivity index (χ1) is 17.4. The molecular formula is C25H18ClF3N2O5S. The van der Waals surface area contributed by atoms with Gasteiger partial charge in [0.25, 0.3) is 15.9 Å². The lowest BCUT2D eigenvalue weighted by atomic mass is 10.2. The molecule has 0 amide bonds. The van der Waals surface area contributed by atoms with Gasteiger partial charge in [-0.15, -0.1) is 0 Å².